The van der Waals surface area contributed by atoms with Crippen molar-refractivity contribution in [3.63, 3.8) is 0 Å². The molecule has 2 aliphatic rings. The molecule has 0 saturated carbocycles. The van der Waals surface area contributed by atoms with Gasteiger partial charge in [-0.1, -0.05) is 78.5 Å². The Hall–Kier alpha value is -2.59. The van der Waals surface area contributed by atoms with Crippen LogP contribution in [0.3, 0.4) is 0 Å². The molecule has 0 saturated heterocycles. The van der Waals surface area contributed by atoms with Gasteiger partial charge in [0.1, 0.15) is 5.82 Å². The molecule has 0 bridgehead atoms. The molecule has 42 heavy (non-hydrogen) atoms. The average Bonchev–Trinajstić information content (AvgIpc) is 2.91. The van der Waals surface area contributed by atoms with Crippen molar-refractivity contribution < 1.29 is 4.79 Å². The van der Waals surface area contributed by atoms with Crippen LogP contribution in [0.2, 0.25) is 20.1 Å². The van der Waals surface area contributed by atoms with Gasteiger partial charge in [0.2, 0.25) is 0 Å². The van der Waals surface area contributed by atoms with Gasteiger partial charge in [-0.25, -0.2) is 0 Å². The molecule has 0 amide bonds. The second-order valence-electron chi connectivity index (χ2n) is 11.6. The topological polar surface area (TPSA) is 70.1 Å². The van der Waals surface area contributed by atoms with E-state index in [-0.39, 0.29) is 17.0 Å². The van der Waals surface area contributed by atoms with E-state index in [0.29, 0.717) is 55.5 Å². The Morgan fingerprint density at radius 1 is 1.02 bits per heavy atom. The van der Waals surface area contributed by atoms with Crippen molar-refractivity contribution in [1.29, 1.82) is 5.26 Å². The van der Waals surface area contributed by atoms with Crippen LogP contribution in [0, 0.1) is 30.6 Å². The van der Waals surface area contributed by atoms with Gasteiger partial charge in [-0.2, -0.15) is 5.26 Å². The first-order valence-electron chi connectivity index (χ1n) is 13.4. The standard InChI is InChI=1S/C33H29Cl4N3OS/c1-17-10-18(2)21(11-19(17)16-42-28-12-20(34)8-9-23(28)35)29-22(15-38)32(39)40(25-7-5-6-24(36)31(25)37)26-13-33(3,4)14-27(41)30(26)29/h5-12,29H,13-14,16,39H2,1-4H3. The molecule has 2 N–H and O–H groups in total. The molecule has 1 aliphatic carbocycles. The fraction of sp³-hybridized carbons (Fsp3) is 0.273. The number of ketones is 1. The van der Waals surface area contributed by atoms with Crippen LogP contribution in [0.1, 0.15) is 54.9 Å². The predicted molar refractivity (Wildman–Crippen MR) is 175 cm³/mol. The van der Waals surface area contributed by atoms with E-state index in [9.17, 15) is 10.1 Å². The van der Waals surface area contributed by atoms with Crippen LogP contribution < -0.4 is 10.6 Å². The van der Waals surface area contributed by atoms with Crippen molar-refractivity contribution in [2.45, 2.75) is 57.1 Å². The Balaban J connectivity index is 1.68. The van der Waals surface area contributed by atoms with Gasteiger partial charge in [-0.05, 0) is 78.3 Å². The molecule has 4 nitrogen and oxygen atoms in total. The third-order valence-electron chi connectivity index (χ3n) is 7.87. The van der Waals surface area contributed by atoms with Gasteiger partial charge in [-0.3, -0.25) is 9.69 Å². The molecule has 0 aromatic heterocycles. The van der Waals surface area contributed by atoms with Crippen LogP contribution in [0.5, 0.6) is 0 Å². The van der Waals surface area contributed by atoms with E-state index in [1.54, 1.807) is 47.0 Å². The van der Waals surface area contributed by atoms with Crippen LogP contribution in [0.4, 0.5) is 5.69 Å². The zero-order valence-corrected chi connectivity index (χ0v) is 27.5. The summed E-state index contributed by atoms with van der Waals surface area (Å²) in [7, 11) is 0. The number of allylic oxidation sites excluding steroid dienone is 3. The fourth-order valence-corrected chi connectivity index (χ4v) is 7.82. The van der Waals surface area contributed by atoms with Crippen molar-refractivity contribution in [3.05, 3.63) is 114 Å². The first-order chi connectivity index (χ1) is 19.8. The highest BCUT2D eigenvalue weighted by atomic mass is 35.5. The summed E-state index contributed by atoms with van der Waals surface area (Å²) < 4.78 is 0. The lowest BCUT2D eigenvalue weighted by Crippen LogP contribution is -2.42. The molecule has 3 aromatic carbocycles. The first kappa shape index (κ1) is 30.9. The summed E-state index contributed by atoms with van der Waals surface area (Å²) in [5.41, 5.74) is 12.7. The third-order valence-corrected chi connectivity index (χ3v) is 10.5. The number of Topliss-reactive ketones (excluding diaryl/α,β-unsaturated/α-hetero) is 1. The minimum atomic E-state index is -0.609. The van der Waals surface area contributed by atoms with E-state index in [4.69, 9.17) is 52.1 Å². The van der Waals surface area contributed by atoms with Gasteiger partial charge in [-0.15, -0.1) is 11.8 Å². The monoisotopic (exact) mass is 655 g/mol. The lowest BCUT2D eigenvalue weighted by atomic mass is 9.68. The second-order valence-corrected chi connectivity index (χ2v) is 14.2. The minimum absolute atomic E-state index is 0.00346. The van der Waals surface area contributed by atoms with Crippen molar-refractivity contribution in [1.82, 2.24) is 0 Å². The molecular formula is C33H29Cl4N3OS. The lowest BCUT2D eigenvalue weighted by molar-refractivity contribution is -0.118. The number of anilines is 1. The Kier molecular flexibility index (Phi) is 8.69. The number of halogens is 4. The van der Waals surface area contributed by atoms with E-state index < -0.39 is 5.92 Å². The molecule has 3 aromatic rings. The number of rotatable bonds is 5. The van der Waals surface area contributed by atoms with Crippen LogP contribution in [0.15, 0.2) is 76.1 Å². The Morgan fingerprint density at radius 2 is 1.76 bits per heavy atom. The van der Waals surface area contributed by atoms with E-state index >= 15 is 0 Å². The molecule has 9 heteroatoms. The maximum atomic E-state index is 14.0. The number of nitrogens with two attached hydrogens (primary N) is 1. The lowest BCUT2D eigenvalue weighted by Gasteiger charge is -2.44. The van der Waals surface area contributed by atoms with E-state index in [2.05, 4.69) is 39.0 Å². The number of carbonyl (C=O) groups excluding carboxylic acids is 1. The summed E-state index contributed by atoms with van der Waals surface area (Å²) in [5.74, 6) is 0.264. The first-order valence-corrected chi connectivity index (χ1v) is 15.9. The van der Waals surface area contributed by atoms with E-state index in [1.807, 2.05) is 13.0 Å². The SMILES string of the molecule is Cc1cc(C)c(C2C(C#N)=C(N)N(c3cccc(Cl)c3Cl)C3=C2C(=O)CC(C)(C)C3)cc1CSc1cc(Cl)ccc1Cl. The van der Waals surface area contributed by atoms with Crippen LogP contribution >= 0.6 is 58.2 Å². The molecule has 0 spiro atoms. The predicted octanol–water partition coefficient (Wildman–Crippen LogP) is 10.2. The van der Waals surface area contributed by atoms with Crippen LogP contribution in [-0.2, 0) is 10.5 Å². The highest BCUT2D eigenvalue weighted by Crippen LogP contribution is 2.52. The van der Waals surface area contributed by atoms with Gasteiger partial charge < -0.3 is 5.73 Å². The number of carbonyl (C=O) groups is 1. The van der Waals surface area contributed by atoms with Gasteiger partial charge in [0.15, 0.2) is 5.78 Å². The third kappa shape index (κ3) is 5.68. The number of thioether (sulfide) groups is 1. The zero-order valence-electron chi connectivity index (χ0n) is 23.6. The summed E-state index contributed by atoms with van der Waals surface area (Å²) in [5, 5.41) is 12.5. The van der Waals surface area contributed by atoms with Gasteiger partial charge in [0.05, 0.1) is 38.3 Å². The number of benzene rings is 3. The molecule has 1 atom stereocenters. The average molecular weight is 657 g/mol. The number of aryl methyl sites for hydroxylation is 2. The Morgan fingerprint density at radius 3 is 2.48 bits per heavy atom. The maximum Gasteiger partial charge on any atom is 0.162 e. The highest BCUT2D eigenvalue weighted by molar-refractivity contribution is 7.98. The molecule has 1 aliphatic heterocycles. The molecule has 0 radical (unpaired) electrons. The molecule has 216 valence electrons. The Bertz CT molecular complexity index is 1740. The zero-order chi connectivity index (χ0) is 30.5. The second kappa shape index (κ2) is 11.8. The minimum Gasteiger partial charge on any atom is -0.384 e. The smallest absolute Gasteiger partial charge is 0.162 e. The summed E-state index contributed by atoms with van der Waals surface area (Å²) in [6.45, 7) is 8.20. The normalized spacial score (nSPS) is 18.3. The molecule has 1 heterocycles. The molecule has 0 fully saturated rings. The highest BCUT2D eigenvalue weighted by Gasteiger charge is 2.45. The quantitative estimate of drug-likeness (QED) is 0.277. The maximum absolute atomic E-state index is 14.0. The van der Waals surface area contributed by atoms with E-state index in [1.165, 1.54) is 0 Å². The van der Waals surface area contributed by atoms with Gasteiger partial charge in [0.25, 0.3) is 0 Å². The molecular weight excluding hydrogens is 628 g/mol. The van der Waals surface area contributed by atoms with E-state index in [0.717, 1.165) is 32.8 Å². The molecule has 5 rings (SSSR count). The van der Waals surface area contributed by atoms with Crippen molar-refractivity contribution in [2.75, 3.05) is 4.90 Å². The number of hydrogen-bond donors (Lipinski definition) is 1. The number of nitrogens with zero attached hydrogens (tertiary/aromatic N) is 2. The van der Waals surface area contributed by atoms with Crippen LogP contribution in [-0.4, -0.2) is 5.78 Å². The number of hydrogen-bond acceptors (Lipinski definition) is 5. The molecule has 1 unspecified atom stereocenters. The summed E-state index contributed by atoms with van der Waals surface area (Å²) in [4.78, 5) is 16.7. The fourth-order valence-electron chi connectivity index (χ4n) is 5.89. The van der Waals surface area contributed by atoms with Crippen molar-refractivity contribution >= 4 is 69.6 Å². The Labute approximate surface area is 271 Å². The van der Waals surface area contributed by atoms with Gasteiger partial charge >= 0.3 is 0 Å². The van der Waals surface area contributed by atoms with Crippen molar-refractivity contribution in [3.8, 4) is 6.07 Å². The number of nitriles is 1. The van der Waals surface area contributed by atoms with Gasteiger partial charge in [0, 0.05) is 33.4 Å². The summed E-state index contributed by atoms with van der Waals surface area (Å²) >= 11 is 27.3. The largest absolute Gasteiger partial charge is 0.384 e. The van der Waals surface area contributed by atoms with Crippen LogP contribution in [0.25, 0.3) is 0 Å². The summed E-state index contributed by atoms with van der Waals surface area (Å²) in [6, 6.07) is 17.3. The van der Waals surface area contributed by atoms with Crippen molar-refractivity contribution in [2.24, 2.45) is 11.1 Å². The summed E-state index contributed by atoms with van der Waals surface area (Å²) in [6.07, 6.45) is 0.937.